The van der Waals surface area contributed by atoms with Crippen LogP contribution in [-0.4, -0.2) is 72.2 Å². The second-order valence-electron chi connectivity index (χ2n) is 7.67. The number of sulfone groups is 1. The third-order valence-corrected chi connectivity index (χ3v) is 4.95. The molecule has 0 radical (unpaired) electrons. The van der Waals surface area contributed by atoms with Crippen molar-refractivity contribution in [2.24, 2.45) is 0 Å². The zero-order valence-corrected chi connectivity index (χ0v) is 17.3. The van der Waals surface area contributed by atoms with Crippen LogP contribution in [0.5, 0.6) is 0 Å². The van der Waals surface area contributed by atoms with Crippen molar-refractivity contribution >= 4 is 21.9 Å². The van der Waals surface area contributed by atoms with Gasteiger partial charge < -0.3 is 14.5 Å². The largest absolute Gasteiger partial charge is 0.444 e. The highest BCUT2D eigenvalue weighted by Crippen LogP contribution is 2.22. The van der Waals surface area contributed by atoms with E-state index < -0.39 is 15.4 Å². The van der Waals surface area contributed by atoms with E-state index in [9.17, 15) is 13.2 Å². The van der Waals surface area contributed by atoms with Gasteiger partial charge in [-0.05, 0) is 32.9 Å². The number of carbonyl (C=O) groups is 1. The summed E-state index contributed by atoms with van der Waals surface area (Å²) in [4.78, 5) is 20.1. The molecule has 1 amide bonds. The molecule has 1 fully saturated rings. The number of hydrogen-bond donors (Lipinski definition) is 0. The number of rotatable bonds is 3. The second-order valence-corrected chi connectivity index (χ2v) is 9.58. The highest BCUT2D eigenvalue weighted by atomic mass is 32.2. The summed E-state index contributed by atoms with van der Waals surface area (Å²) in [5.41, 5.74) is 0.168. The molecule has 1 aliphatic heterocycles. The number of hydrogen-bond acceptors (Lipinski definition) is 7. The van der Waals surface area contributed by atoms with Crippen molar-refractivity contribution < 1.29 is 17.9 Å². The van der Waals surface area contributed by atoms with Crippen molar-refractivity contribution in [2.75, 3.05) is 37.3 Å². The Kier molecular flexibility index (Phi) is 5.33. The first-order chi connectivity index (χ1) is 13.0. The zero-order valence-electron chi connectivity index (χ0n) is 16.5. The maximum absolute atomic E-state index is 12.3. The topological polar surface area (TPSA) is 97.6 Å². The van der Waals surface area contributed by atoms with Crippen molar-refractivity contribution in [3.05, 3.63) is 30.3 Å². The minimum absolute atomic E-state index is 0.221. The fourth-order valence-corrected chi connectivity index (χ4v) is 3.28. The number of ether oxygens (including phenoxy) is 1. The Bertz CT molecular complexity index is 942. The van der Waals surface area contributed by atoms with E-state index in [1.165, 1.54) is 4.68 Å². The van der Waals surface area contributed by atoms with Gasteiger partial charge in [0.25, 0.3) is 5.16 Å². The monoisotopic (exact) mass is 407 g/mol. The van der Waals surface area contributed by atoms with Gasteiger partial charge in [0.15, 0.2) is 0 Å². The number of benzene rings is 1. The minimum atomic E-state index is -3.55. The smallest absolute Gasteiger partial charge is 0.410 e. The van der Waals surface area contributed by atoms with Crippen LogP contribution < -0.4 is 4.90 Å². The van der Waals surface area contributed by atoms with E-state index in [0.717, 1.165) is 11.9 Å². The fraction of sp³-hybridized carbons (Fsp3) is 0.500. The van der Waals surface area contributed by atoms with Crippen LogP contribution in [0.15, 0.2) is 35.5 Å². The van der Waals surface area contributed by atoms with E-state index in [-0.39, 0.29) is 11.2 Å². The first-order valence-corrected chi connectivity index (χ1v) is 10.9. The van der Waals surface area contributed by atoms with Gasteiger partial charge in [-0.1, -0.05) is 18.2 Å². The molecule has 1 saturated heterocycles. The molecule has 28 heavy (non-hydrogen) atoms. The zero-order chi connectivity index (χ0) is 20.5. The molecule has 3 rings (SSSR count). The lowest BCUT2D eigenvalue weighted by Crippen LogP contribution is -2.50. The Morgan fingerprint density at radius 3 is 2.21 bits per heavy atom. The molecule has 0 N–H and O–H groups in total. The minimum Gasteiger partial charge on any atom is -0.444 e. The molecule has 1 aliphatic rings. The van der Waals surface area contributed by atoms with E-state index in [2.05, 4.69) is 10.1 Å². The summed E-state index contributed by atoms with van der Waals surface area (Å²) in [7, 11) is -3.55. The molecule has 10 heteroatoms. The number of anilines is 1. The first kappa shape index (κ1) is 20.1. The molecule has 0 bridgehead atoms. The number of aromatic nitrogens is 3. The summed E-state index contributed by atoms with van der Waals surface area (Å²) in [6.07, 6.45) is 0.732. The number of para-hydroxylation sites is 1. The molecular weight excluding hydrogens is 382 g/mol. The lowest BCUT2D eigenvalue weighted by Gasteiger charge is -2.35. The highest BCUT2D eigenvalue weighted by molar-refractivity contribution is 7.90. The molecule has 2 aromatic rings. The Morgan fingerprint density at radius 1 is 1.07 bits per heavy atom. The van der Waals surface area contributed by atoms with E-state index in [1.807, 2.05) is 56.0 Å². The second kappa shape index (κ2) is 7.42. The SMILES string of the molecule is CC(C)(C)OC(=O)N1CCN(c2nc(S(C)(=O)=O)nn2-c2ccccc2)CC1. The Balaban J connectivity index is 1.83. The van der Waals surface area contributed by atoms with Crippen molar-refractivity contribution in [3.8, 4) is 5.69 Å². The number of piperazine rings is 1. The molecule has 1 aromatic carbocycles. The molecule has 2 heterocycles. The first-order valence-electron chi connectivity index (χ1n) is 9.00. The number of nitrogens with zero attached hydrogens (tertiary/aromatic N) is 5. The predicted molar refractivity (Wildman–Crippen MR) is 104 cm³/mol. The van der Waals surface area contributed by atoms with Gasteiger partial charge in [-0.15, -0.1) is 5.10 Å². The van der Waals surface area contributed by atoms with Crippen LogP contribution in [0.4, 0.5) is 10.7 Å². The normalized spacial score (nSPS) is 15.6. The summed E-state index contributed by atoms with van der Waals surface area (Å²) >= 11 is 0. The fourth-order valence-electron chi connectivity index (χ4n) is 2.81. The Hall–Kier alpha value is -2.62. The van der Waals surface area contributed by atoms with E-state index in [1.54, 1.807) is 4.90 Å². The van der Waals surface area contributed by atoms with Crippen molar-refractivity contribution in [3.63, 3.8) is 0 Å². The third-order valence-electron chi connectivity index (χ3n) is 4.12. The van der Waals surface area contributed by atoms with Gasteiger partial charge in [0.2, 0.25) is 15.8 Å². The molecule has 1 aromatic heterocycles. The average molecular weight is 407 g/mol. The molecule has 0 aliphatic carbocycles. The average Bonchev–Trinajstić information content (AvgIpc) is 3.07. The van der Waals surface area contributed by atoms with Gasteiger partial charge >= 0.3 is 6.09 Å². The van der Waals surface area contributed by atoms with E-state index >= 15 is 0 Å². The maximum atomic E-state index is 12.3. The standard InChI is InChI=1S/C18H25N5O4S/c1-18(2,3)27-17(24)22-12-10-21(11-13-22)16-19-15(28(4,25)26)20-23(16)14-8-6-5-7-9-14/h5-9H,10-13H2,1-4H3. The lowest BCUT2D eigenvalue weighted by atomic mass is 10.2. The van der Waals surface area contributed by atoms with Crippen LogP contribution in [0.25, 0.3) is 5.69 Å². The molecular formula is C18H25N5O4S. The summed E-state index contributed by atoms with van der Waals surface area (Å²) < 4.78 is 30.9. The molecule has 0 unspecified atom stereocenters. The molecule has 0 saturated carbocycles. The molecule has 9 nitrogen and oxygen atoms in total. The lowest BCUT2D eigenvalue weighted by molar-refractivity contribution is 0.0240. The van der Waals surface area contributed by atoms with Crippen LogP contribution in [0.1, 0.15) is 20.8 Å². The summed E-state index contributed by atoms with van der Waals surface area (Å²) in [6, 6.07) is 9.24. The van der Waals surface area contributed by atoms with Crippen LogP contribution in [-0.2, 0) is 14.6 Å². The summed E-state index contributed by atoms with van der Waals surface area (Å²) in [5, 5.41) is 3.98. The Labute approximate surface area is 164 Å². The number of carbonyl (C=O) groups excluding carboxylic acids is 1. The van der Waals surface area contributed by atoms with Crippen LogP contribution >= 0.6 is 0 Å². The van der Waals surface area contributed by atoms with Gasteiger partial charge in [-0.25, -0.2) is 13.2 Å². The maximum Gasteiger partial charge on any atom is 0.410 e. The highest BCUT2D eigenvalue weighted by Gasteiger charge is 2.29. The van der Waals surface area contributed by atoms with Crippen LogP contribution in [0.3, 0.4) is 0 Å². The summed E-state index contributed by atoms with van der Waals surface area (Å²) in [5.74, 6) is 0.440. The van der Waals surface area contributed by atoms with Crippen molar-refractivity contribution in [2.45, 2.75) is 31.5 Å². The quantitative estimate of drug-likeness (QED) is 0.764. The van der Waals surface area contributed by atoms with Gasteiger partial charge in [-0.3, -0.25) is 0 Å². The van der Waals surface area contributed by atoms with Gasteiger partial charge in [-0.2, -0.15) is 9.67 Å². The predicted octanol–water partition coefficient (Wildman–Crippen LogP) is 1.73. The molecule has 0 spiro atoms. The van der Waals surface area contributed by atoms with Crippen LogP contribution in [0.2, 0.25) is 0 Å². The van der Waals surface area contributed by atoms with Crippen LogP contribution in [0, 0.1) is 0 Å². The number of amides is 1. The van der Waals surface area contributed by atoms with Gasteiger partial charge in [0.05, 0.1) is 5.69 Å². The third kappa shape index (κ3) is 4.61. The van der Waals surface area contributed by atoms with Gasteiger partial charge in [0.1, 0.15) is 5.60 Å². The molecule has 0 atom stereocenters. The summed E-state index contributed by atoms with van der Waals surface area (Å²) in [6.45, 7) is 7.38. The van der Waals surface area contributed by atoms with Gasteiger partial charge in [0, 0.05) is 32.4 Å². The Morgan fingerprint density at radius 2 is 1.68 bits per heavy atom. The van der Waals surface area contributed by atoms with Crippen molar-refractivity contribution in [1.29, 1.82) is 0 Å². The molecule has 152 valence electrons. The van der Waals surface area contributed by atoms with E-state index in [0.29, 0.717) is 32.1 Å². The van der Waals surface area contributed by atoms with Crippen molar-refractivity contribution in [1.82, 2.24) is 19.7 Å². The van der Waals surface area contributed by atoms with E-state index in [4.69, 9.17) is 4.74 Å².